The molecule has 0 aliphatic carbocycles. The Labute approximate surface area is 340 Å². The second-order valence-corrected chi connectivity index (χ2v) is 14.6. The fourth-order valence-electron chi connectivity index (χ4n) is 8.03. The van der Waals surface area contributed by atoms with Crippen LogP contribution in [0.2, 0.25) is 0 Å². The van der Waals surface area contributed by atoms with E-state index in [1.54, 1.807) is 0 Å². The molecule has 0 radical (unpaired) electrons. The third kappa shape index (κ3) is 6.89. The van der Waals surface area contributed by atoms with E-state index < -0.39 is 0 Å². The molecular formula is C56H40N2. The molecular weight excluding hydrogens is 701 g/mol. The number of hydrogen-bond donors (Lipinski definition) is 0. The molecule has 0 bridgehead atoms. The summed E-state index contributed by atoms with van der Waals surface area (Å²) in [7, 11) is 0. The maximum atomic E-state index is 2.33. The molecule has 0 saturated heterocycles. The molecule has 274 valence electrons. The Balaban J connectivity index is 0.912. The minimum Gasteiger partial charge on any atom is -0.316 e. The molecule has 1 aromatic heterocycles. The normalized spacial score (nSPS) is 11.1. The van der Waals surface area contributed by atoms with Gasteiger partial charge in [0.25, 0.3) is 0 Å². The Hall–Kier alpha value is -7.68. The van der Waals surface area contributed by atoms with Crippen molar-refractivity contribution in [2.75, 3.05) is 4.90 Å². The third-order valence-corrected chi connectivity index (χ3v) is 11.1. The van der Waals surface area contributed by atoms with Crippen molar-refractivity contribution in [1.29, 1.82) is 0 Å². The highest BCUT2D eigenvalue weighted by Gasteiger charge is 2.15. The average molecular weight is 741 g/mol. The summed E-state index contributed by atoms with van der Waals surface area (Å²) >= 11 is 0. The van der Waals surface area contributed by atoms with Crippen LogP contribution in [0.25, 0.3) is 72.2 Å². The van der Waals surface area contributed by atoms with E-state index in [0.29, 0.717) is 0 Å². The van der Waals surface area contributed by atoms with Gasteiger partial charge in [0.1, 0.15) is 0 Å². The summed E-state index contributed by atoms with van der Waals surface area (Å²) in [5, 5.41) is 1.25. The quantitative estimate of drug-likeness (QED) is 0.143. The Morgan fingerprint density at radius 1 is 0.259 bits per heavy atom. The minimum absolute atomic E-state index is 1.10. The van der Waals surface area contributed by atoms with E-state index in [1.807, 2.05) is 0 Å². The van der Waals surface area contributed by atoms with Gasteiger partial charge in [-0.1, -0.05) is 182 Å². The van der Waals surface area contributed by atoms with Crippen molar-refractivity contribution in [3.05, 3.63) is 243 Å². The standard InChI is InChI=1S/C56H40N2/c1-4-12-41(13-5-1)45-26-34-51(35-27-45)58(52-36-28-46(29-37-52)42-14-6-2-7-15-42)53-38-30-48(31-39-53)44-22-20-43(21-23-44)47-24-32-50(33-25-47)57-40-55(49-16-8-3-9-17-49)54-18-10-11-19-56(54)57/h1-40H. The maximum absolute atomic E-state index is 2.33. The van der Waals surface area contributed by atoms with Crippen molar-refractivity contribution < 1.29 is 0 Å². The average Bonchev–Trinajstić information content (AvgIpc) is 3.71. The SMILES string of the molecule is c1ccc(-c2ccc(N(c3ccc(-c4ccccc4)cc3)c3ccc(-c4ccc(-c5ccc(-n6cc(-c7ccccc7)c7ccccc76)cc5)cc4)cc3)cc2)cc1. The zero-order valence-corrected chi connectivity index (χ0v) is 32.0. The summed E-state index contributed by atoms with van der Waals surface area (Å²) in [4.78, 5) is 2.33. The van der Waals surface area contributed by atoms with Gasteiger partial charge in [0, 0.05) is 39.9 Å². The molecule has 2 heteroatoms. The van der Waals surface area contributed by atoms with Crippen molar-refractivity contribution in [2.24, 2.45) is 0 Å². The largest absolute Gasteiger partial charge is 0.316 e. The van der Waals surface area contributed by atoms with Crippen molar-refractivity contribution in [1.82, 2.24) is 4.57 Å². The first-order valence-electron chi connectivity index (χ1n) is 19.8. The highest BCUT2D eigenvalue weighted by Crippen LogP contribution is 2.38. The van der Waals surface area contributed by atoms with Gasteiger partial charge < -0.3 is 9.47 Å². The van der Waals surface area contributed by atoms with Crippen LogP contribution in [-0.4, -0.2) is 4.57 Å². The van der Waals surface area contributed by atoms with E-state index >= 15 is 0 Å². The Bertz CT molecular complexity index is 2830. The summed E-state index contributed by atoms with van der Waals surface area (Å²) in [5.74, 6) is 0. The van der Waals surface area contributed by atoms with E-state index in [2.05, 4.69) is 252 Å². The lowest BCUT2D eigenvalue weighted by Gasteiger charge is -2.26. The zero-order valence-electron chi connectivity index (χ0n) is 32.0. The van der Waals surface area contributed by atoms with Gasteiger partial charge in [0.15, 0.2) is 0 Å². The lowest BCUT2D eigenvalue weighted by atomic mass is 9.99. The molecule has 0 N–H and O–H groups in total. The van der Waals surface area contributed by atoms with Crippen molar-refractivity contribution >= 4 is 28.0 Å². The zero-order chi connectivity index (χ0) is 38.7. The number of anilines is 3. The third-order valence-electron chi connectivity index (χ3n) is 11.1. The Morgan fingerprint density at radius 2 is 0.569 bits per heavy atom. The molecule has 0 spiro atoms. The van der Waals surface area contributed by atoms with Gasteiger partial charge in [0.2, 0.25) is 0 Å². The molecule has 0 unspecified atom stereocenters. The van der Waals surface area contributed by atoms with Crippen LogP contribution in [-0.2, 0) is 0 Å². The summed E-state index contributed by atoms with van der Waals surface area (Å²) < 4.78 is 2.30. The first kappa shape index (κ1) is 34.8. The van der Waals surface area contributed by atoms with Crippen LogP contribution in [0.4, 0.5) is 17.1 Å². The van der Waals surface area contributed by atoms with Gasteiger partial charge in [0.05, 0.1) is 5.52 Å². The molecule has 0 atom stereocenters. The highest BCUT2D eigenvalue weighted by atomic mass is 15.1. The van der Waals surface area contributed by atoms with Gasteiger partial charge in [-0.05, 0) is 105 Å². The van der Waals surface area contributed by atoms with Gasteiger partial charge in [-0.15, -0.1) is 0 Å². The van der Waals surface area contributed by atoms with Crippen molar-refractivity contribution in [3.63, 3.8) is 0 Å². The summed E-state index contributed by atoms with van der Waals surface area (Å²) in [6, 6.07) is 84.8. The van der Waals surface area contributed by atoms with Gasteiger partial charge >= 0.3 is 0 Å². The summed E-state index contributed by atoms with van der Waals surface area (Å²) in [5.41, 5.74) is 17.7. The van der Waals surface area contributed by atoms with E-state index in [1.165, 1.54) is 66.5 Å². The second-order valence-electron chi connectivity index (χ2n) is 14.6. The number of para-hydroxylation sites is 1. The van der Waals surface area contributed by atoms with E-state index in [-0.39, 0.29) is 0 Å². The molecule has 2 nitrogen and oxygen atoms in total. The minimum atomic E-state index is 1.10. The highest BCUT2D eigenvalue weighted by molar-refractivity contribution is 5.97. The van der Waals surface area contributed by atoms with E-state index in [4.69, 9.17) is 0 Å². The second kappa shape index (κ2) is 15.5. The number of aromatic nitrogens is 1. The lowest BCUT2D eigenvalue weighted by Crippen LogP contribution is -2.09. The molecule has 9 aromatic carbocycles. The Kier molecular flexibility index (Phi) is 9.27. The van der Waals surface area contributed by atoms with Gasteiger partial charge in [-0.25, -0.2) is 0 Å². The van der Waals surface area contributed by atoms with E-state index in [0.717, 1.165) is 22.7 Å². The van der Waals surface area contributed by atoms with Crippen LogP contribution >= 0.6 is 0 Å². The smallest absolute Gasteiger partial charge is 0.0534 e. The number of nitrogens with zero attached hydrogens (tertiary/aromatic N) is 2. The molecule has 0 aliphatic rings. The van der Waals surface area contributed by atoms with Crippen LogP contribution in [0.1, 0.15) is 0 Å². The van der Waals surface area contributed by atoms with Crippen LogP contribution in [0.15, 0.2) is 243 Å². The van der Waals surface area contributed by atoms with Crippen molar-refractivity contribution in [2.45, 2.75) is 0 Å². The first-order valence-corrected chi connectivity index (χ1v) is 19.8. The molecule has 0 amide bonds. The molecule has 58 heavy (non-hydrogen) atoms. The van der Waals surface area contributed by atoms with Crippen LogP contribution in [0, 0.1) is 0 Å². The monoisotopic (exact) mass is 740 g/mol. The summed E-state index contributed by atoms with van der Waals surface area (Å²) in [6.45, 7) is 0. The Morgan fingerprint density at radius 3 is 0.983 bits per heavy atom. The predicted molar refractivity (Wildman–Crippen MR) is 245 cm³/mol. The maximum Gasteiger partial charge on any atom is 0.0534 e. The number of hydrogen-bond acceptors (Lipinski definition) is 1. The van der Waals surface area contributed by atoms with Gasteiger partial charge in [-0.2, -0.15) is 0 Å². The fourth-order valence-corrected chi connectivity index (χ4v) is 8.03. The summed E-state index contributed by atoms with van der Waals surface area (Å²) in [6.07, 6.45) is 2.26. The lowest BCUT2D eigenvalue weighted by molar-refractivity contribution is 1.13. The molecule has 0 saturated carbocycles. The van der Waals surface area contributed by atoms with Crippen LogP contribution < -0.4 is 4.90 Å². The fraction of sp³-hybridized carbons (Fsp3) is 0. The van der Waals surface area contributed by atoms with E-state index in [9.17, 15) is 0 Å². The molecule has 10 rings (SSSR count). The number of benzene rings is 9. The molecule has 0 fully saturated rings. The van der Waals surface area contributed by atoms with Crippen LogP contribution in [0.5, 0.6) is 0 Å². The molecule has 1 heterocycles. The van der Waals surface area contributed by atoms with Crippen LogP contribution in [0.3, 0.4) is 0 Å². The number of fused-ring (bicyclic) bond motifs is 1. The topological polar surface area (TPSA) is 8.17 Å². The van der Waals surface area contributed by atoms with Crippen molar-refractivity contribution in [3.8, 4) is 61.3 Å². The van der Waals surface area contributed by atoms with Gasteiger partial charge in [-0.3, -0.25) is 0 Å². The number of rotatable bonds is 9. The predicted octanol–water partition coefficient (Wildman–Crippen LogP) is 15.4. The molecule has 10 aromatic rings. The first-order chi connectivity index (χ1) is 28.7. The molecule has 0 aliphatic heterocycles.